The average Bonchev–Trinajstić information content (AvgIpc) is 3.15. The van der Waals surface area contributed by atoms with E-state index in [9.17, 15) is 9.59 Å². The smallest absolute Gasteiger partial charge is 0.317 e. The topological polar surface area (TPSA) is 116 Å². The molecule has 0 saturated carbocycles. The number of aromatic nitrogens is 2. The Balaban J connectivity index is 1.87. The minimum Gasteiger partial charge on any atom is -0.365 e. The van der Waals surface area contributed by atoms with E-state index < -0.39 is 11.9 Å². The van der Waals surface area contributed by atoms with Crippen molar-refractivity contribution in [2.45, 2.75) is 19.8 Å². The first-order valence-corrected chi connectivity index (χ1v) is 8.94. The number of hydrogen-bond donors (Lipinski definition) is 3. The lowest BCUT2D eigenvalue weighted by atomic mass is 9.94. The Morgan fingerprint density at radius 3 is 2.69 bits per heavy atom. The number of hydrogen-bond acceptors (Lipinski definition) is 4. The average molecular weight is 367 g/mol. The summed E-state index contributed by atoms with van der Waals surface area (Å²) in [6.07, 6.45) is 3.31. The molecule has 4 rings (SSSR count). The van der Waals surface area contributed by atoms with Crippen LogP contribution in [0.3, 0.4) is 0 Å². The number of carbonyl (C=O) groups excluding carboxylic acids is 2. The van der Waals surface area contributed by atoms with E-state index >= 15 is 0 Å². The molecular weight excluding hydrogens is 350 g/mol. The van der Waals surface area contributed by atoms with Crippen LogP contribution in [0.5, 0.6) is 0 Å². The molecule has 0 unspecified atom stereocenters. The third-order valence-corrected chi connectivity index (χ3v) is 5.68. The van der Waals surface area contributed by atoms with Gasteiger partial charge in [0.15, 0.2) is 0 Å². The van der Waals surface area contributed by atoms with Crippen LogP contribution in [0.2, 0.25) is 0 Å². The number of thiophene rings is 1. The molecule has 3 aromatic rings. The molecule has 0 aliphatic heterocycles. The number of benzene rings is 1. The molecule has 1 aromatic carbocycles. The number of urea groups is 1. The van der Waals surface area contributed by atoms with Gasteiger partial charge in [0.1, 0.15) is 5.00 Å². The lowest BCUT2D eigenvalue weighted by molar-refractivity contribution is 0.100. The summed E-state index contributed by atoms with van der Waals surface area (Å²) in [5, 5.41) is 7.64. The lowest BCUT2D eigenvalue weighted by Crippen LogP contribution is -2.22. The van der Waals surface area contributed by atoms with Crippen molar-refractivity contribution in [2.24, 2.45) is 11.5 Å². The summed E-state index contributed by atoms with van der Waals surface area (Å²) in [6, 6.07) is 7.28. The molecule has 7 nitrogen and oxygen atoms in total. The number of nitrogens with one attached hydrogen (secondary N) is 1. The lowest BCUT2D eigenvalue weighted by Gasteiger charge is -2.11. The highest BCUT2D eigenvalue weighted by molar-refractivity contribution is 7.20. The van der Waals surface area contributed by atoms with E-state index in [4.69, 9.17) is 16.6 Å². The van der Waals surface area contributed by atoms with E-state index in [1.165, 1.54) is 11.3 Å². The molecule has 0 fully saturated rings. The molecule has 5 N–H and O–H groups in total. The van der Waals surface area contributed by atoms with Gasteiger partial charge in [-0.05, 0) is 37.0 Å². The van der Waals surface area contributed by atoms with Crippen LogP contribution in [-0.2, 0) is 12.8 Å². The van der Waals surface area contributed by atoms with Crippen molar-refractivity contribution < 1.29 is 9.59 Å². The van der Waals surface area contributed by atoms with Crippen LogP contribution in [0.15, 0.2) is 30.5 Å². The van der Waals surface area contributed by atoms with Crippen molar-refractivity contribution in [1.82, 2.24) is 9.78 Å². The summed E-state index contributed by atoms with van der Waals surface area (Å²) < 4.78 is 1.86. The number of anilines is 1. The molecular formula is C18H17N5O2S. The first-order chi connectivity index (χ1) is 12.5. The van der Waals surface area contributed by atoms with Crippen molar-refractivity contribution >= 4 is 28.3 Å². The monoisotopic (exact) mass is 367 g/mol. The minimum absolute atomic E-state index is 0.345. The Hall–Kier alpha value is -3.13. The Labute approximate surface area is 153 Å². The van der Waals surface area contributed by atoms with Gasteiger partial charge in [-0.2, -0.15) is 5.10 Å². The van der Waals surface area contributed by atoms with Crippen LogP contribution in [0.4, 0.5) is 9.80 Å². The third-order valence-electron chi connectivity index (χ3n) is 4.50. The Kier molecular flexibility index (Phi) is 3.77. The highest BCUT2D eigenvalue weighted by atomic mass is 32.1. The molecule has 0 saturated heterocycles. The van der Waals surface area contributed by atoms with E-state index in [0.717, 1.165) is 32.9 Å². The first-order valence-electron chi connectivity index (χ1n) is 8.12. The second-order valence-electron chi connectivity index (χ2n) is 6.19. The number of rotatable bonds is 3. The Morgan fingerprint density at radius 1 is 1.23 bits per heavy atom. The van der Waals surface area contributed by atoms with Crippen molar-refractivity contribution in [2.75, 3.05) is 5.32 Å². The maximum Gasteiger partial charge on any atom is 0.317 e. The molecule has 0 spiro atoms. The second kappa shape index (κ2) is 5.99. The Bertz CT molecular complexity index is 1050. The highest BCUT2D eigenvalue weighted by Gasteiger charge is 2.29. The minimum atomic E-state index is -0.720. The van der Waals surface area contributed by atoms with Crippen molar-refractivity contribution in [3.8, 4) is 16.1 Å². The number of primary amides is 2. The van der Waals surface area contributed by atoms with Crippen molar-refractivity contribution in [3.63, 3.8) is 0 Å². The second-order valence-corrected chi connectivity index (χ2v) is 7.21. The number of nitrogens with two attached hydrogens (primary N) is 2. The van der Waals surface area contributed by atoms with E-state index in [2.05, 4.69) is 5.32 Å². The number of para-hydroxylation sites is 1. The van der Waals surface area contributed by atoms with Gasteiger partial charge in [-0.15, -0.1) is 11.3 Å². The number of nitrogens with zero attached hydrogens (tertiary/aromatic N) is 2. The van der Waals surface area contributed by atoms with Gasteiger partial charge in [0.05, 0.1) is 16.9 Å². The van der Waals surface area contributed by atoms with E-state index in [-0.39, 0.29) is 0 Å². The van der Waals surface area contributed by atoms with Gasteiger partial charge in [0.2, 0.25) is 0 Å². The van der Waals surface area contributed by atoms with Gasteiger partial charge in [-0.1, -0.05) is 18.2 Å². The highest BCUT2D eigenvalue weighted by Crippen LogP contribution is 2.45. The molecule has 26 heavy (non-hydrogen) atoms. The van der Waals surface area contributed by atoms with Crippen LogP contribution >= 0.6 is 11.3 Å². The van der Waals surface area contributed by atoms with Crippen molar-refractivity contribution in [3.05, 3.63) is 52.8 Å². The zero-order valence-corrected chi connectivity index (χ0v) is 14.9. The van der Waals surface area contributed by atoms with Crippen LogP contribution in [0, 0.1) is 6.92 Å². The fourth-order valence-electron chi connectivity index (χ4n) is 3.35. The standard InChI is InChI=1S/C18H17N5O2S/c1-9-4-2-3-5-13(9)23-8-11-12(22-23)7-6-10-14(16(19)24)17(21-18(20)25)26-15(10)11/h2-5,8H,6-7H2,1H3,(H2,19,24)(H3,20,21,25). The molecule has 0 atom stereocenters. The predicted octanol–water partition coefficient (Wildman–Crippen LogP) is 2.60. The number of fused-ring (bicyclic) bond motifs is 3. The van der Waals surface area contributed by atoms with Crippen LogP contribution < -0.4 is 16.8 Å². The SMILES string of the molecule is Cc1ccccc1-n1cc2c(n1)CCc1c-2sc(NC(N)=O)c1C(N)=O. The largest absolute Gasteiger partial charge is 0.365 e. The molecule has 2 aromatic heterocycles. The molecule has 1 aliphatic carbocycles. The van der Waals surface area contributed by atoms with Gasteiger partial charge < -0.3 is 11.5 Å². The van der Waals surface area contributed by atoms with E-state index in [1.54, 1.807) is 0 Å². The van der Waals surface area contributed by atoms with Crippen LogP contribution in [-0.4, -0.2) is 21.7 Å². The summed E-state index contributed by atoms with van der Waals surface area (Å²) in [5.74, 6) is -0.569. The summed E-state index contributed by atoms with van der Waals surface area (Å²) >= 11 is 1.31. The fourth-order valence-corrected chi connectivity index (χ4v) is 4.64. The summed E-state index contributed by atoms with van der Waals surface area (Å²) in [5.41, 5.74) is 16.0. The molecule has 0 bridgehead atoms. The van der Waals surface area contributed by atoms with Gasteiger partial charge in [0, 0.05) is 16.6 Å². The van der Waals surface area contributed by atoms with Gasteiger partial charge in [-0.25, -0.2) is 9.48 Å². The maximum absolute atomic E-state index is 11.9. The molecule has 1 aliphatic rings. The number of amides is 3. The van der Waals surface area contributed by atoms with Gasteiger partial charge in [-0.3, -0.25) is 10.1 Å². The van der Waals surface area contributed by atoms with Crippen LogP contribution in [0.25, 0.3) is 16.1 Å². The van der Waals surface area contributed by atoms with E-state index in [0.29, 0.717) is 23.4 Å². The van der Waals surface area contributed by atoms with Gasteiger partial charge in [0.25, 0.3) is 5.91 Å². The number of aryl methyl sites for hydroxylation is 2. The normalized spacial score (nSPS) is 12.3. The third kappa shape index (κ3) is 2.55. The Morgan fingerprint density at radius 2 is 2.00 bits per heavy atom. The fraction of sp³-hybridized carbons (Fsp3) is 0.167. The van der Waals surface area contributed by atoms with Crippen molar-refractivity contribution in [1.29, 1.82) is 0 Å². The molecule has 3 amide bonds. The molecule has 8 heteroatoms. The number of carbonyl (C=O) groups is 2. The maximum atomic E-state index is 11.9. The van der Waals surface area contributed by atoms with Gasteiger partial charge >= 0.3 is 6.03 Å². The predicted molar refractivity (Wildman–Crippen MR) is 101 cm³/mol. The summed E-state index contributed by atoms with van der Waals surface area (Å²) in [6.45, 7) is 2.03. The molecule has 2 heterocycles. The molecule has 0 radical (unpaired) electrons. The first kappa shape index (κ1) is 16.3. The summed E-state index contributed by atoms with van der Waals surface area (Å²) in [4.78, 5) is 24.1. The zero-order chi connectivity index (χ0) is 18.4. The zero-order valence-electron chi connectivity index (χ0n) is 14.1. The van der Waals surface area contributed by atoms with E-state index in [1.807, 2.05) is 42.1 Å². The van der Waals surface area contributed by atoms with Crippen LogP contribution in [0.1, 0.15) is 27.2 Å². The summed E-state index contributed by atoms with van der Waals surface area (Å²) in [7, 11) is 0. The quantitative estimate of drug-likeness (QED) is 0.660. The molecule has 132 valence electrons.